The second-order valence-electron chi connectivity index (χ2n) is 4.81. The van der Waals surface area contributed by atoms with Gasteiger partial charge in [-0.15, -0.1) is 0 Å². The molecule has 0 radical (unpaired) electrons. The van der Waals surface area contributed by atoms with E-state index in [2.05, 4.69) is 39.6 Å². The van der Waals surface area contributed by atoms with Gasteiger partial charge in [0.25, 0.3) is 0 Å². The van der Waals surface area contributed by atoms with Gasteiger partial charge in [0.05, 0.1) is 5.25 Å². The predicted molar refractivity (Wildman–Crippen MR) is 84.2 cm³/mol. The van der Waals surface area contributed by atoms with E-state index in [1.54, 1.807) is 0 Å². The molecule has 6 heteroatoms. The van der Waals surface area contributed by atoms with E-state index >= 15 is 0 Å². The zero-order chi connectivity index (χ0) is 15.1. The van der Waals surface area contributed by atoms with Crippen LogP contribution >= 0.6 is 11.8 Å². The van der Waals surface area contributed by atoms with E-state index in [0.29, 0.717) is 17.6 Å². The van der Waals surface area contributed by atoms with Gasteiger partial charge in [-0.2, -0.15) is 5.10 Å². The monoisotopic (exact) mass is 304 g/mol. The fourth-order valence-electron chi connectivity index (χ4n) is 2.06. The number of hydrogen-bond donors (Lipinski definition) is 2. The summed E-state index contributed by atoms with van der Waals surface area (Å²) in [5.41, 5.74) is 1.26. The van der Waals surface area contributed by atoms with Gasteiger partial charge in [0.2, 0.25) is 5.91 Å². The number of rotatable bonds is 7. The van der Waals surface area contributed by atoms with Gasteiger partial charge in [-0.1, -0.05) is 49.0 Å². The molecule has 0 unspecified atom stereocenters. The topological polar surface area (TPSA) is 70.7 Å². The molecule has 0 aliphatic rings. The third-order valence-electron chi connectivity index (χ3n) is 3.34. The molecule has 0 bridgehead atoms. The average molecular weight is 304 g/mol. The van der Waals surface area contributed by atoms with Crippen LogP contribution in [0.4, 0.5) is 0 Å². The van der Waals surface area contributed by atoms with Crippen LogP contribution in [0, 0.1) is 0 Å². The van der Waals surface area contributed by atoms with Gasteiger partial charge in [-0.05, 0) is 18.9 Å². The van der Waals surface area contributed by atoms with Crippen molar-refractivity contribution in [2.45, 2.75) is 36.6 Å². The molecule has 2 N–H and O–H groups in total. The Bertz CT molecular complexity index is 544. The highest BCUT2D eigenvalue weighted by molar-refractivity contribution is 8.00. The summed E-state index contributed by atoms with van der Waals surface area (Å²) in [5, 5.41) is 10.00. The van der Waals surface area contributed by atoms with Crippen LogP contribution in [0.2, 0.25) is 0 Å². The number of aromatic amines is 1. The highest BCUT2D eigenvalue weighted by Gasteiger charge is 2.17. The molecule has 112 valence electrons. The lowest BCUT2D eigenvalue weighted by atomic mass is 9.96. The number of carbonyl (C=O) groups is 1. The highest BCUT2D eigenvalue weighted by Crippen LogP contribution is 2.20. The van der Waals surface area contributed by atoms with E-state index in [-0.39, 0.29) is 11.2 Å². The van der Waals surface area contributed by atoms with Crippen LogP contribution in [0.3, 0.4) is 0 Å². The van der Waals surface area contributed by atoms with E-state index in [1.807, 2.05) is 25.1 Å². The second kappa shape index (κ2) is 7.83. The third kappa shape index (κ3) is 4.60. The van der Waals surface area contributed by atoms with Gasteiger partial charge in [0.1, 0.15) is 6.33 Å². The Morgan fingerprint density at radius 2 is 2.14 bits per heavy atom. The Morgan fingerprint density at radius 3 is 2.76 bits per heavy atom. The number of hydrogen-bond acceptors (Lipinski definition) is 4. The number of nitrogens with one attached hydrogen (secondary N) is 2. The Morgan fingerprint density at radius 1 is 1.38 bits per heavy atom. The summed E-state index contributed by atoms with van der Waals surface area (Å²) in [6.45, 7) is 4.66. The first kappa shape index (κ1) is 15.6. The van der Waals surface area contributed by atoms with E-state index in [9.17, 15) is 4.79 Å². The minimum absolute atomic E-state index is 0.0192. The first-order valence-electron chi connectivity index (χ1n) is 7.05. The van der Waals surface area contributed by atoms with Crippen LogP contribution in [0.1, 0.15) is 31.7 Å². The van der Waals surface area contributed by atoms with Crippen molar-refractivity contribution in [2.24, 2.45) is 0 Å². The van der Waals surface area contributed by atoms with Gasteiger partial charge < -0.3 is 5.32 Å². The number of amides is 1. The van der Waals surface area contributed by atoms with Crippen LogP contribution in [0.5, 0.6) is 0 Å². The predicted octanol–water partition coefficient (Wildman–Crippen LogP) is 2.60. The molecule has 0 aliphatic heterocycles. The Hall–Kier alpha value is -1.82. The van der Waals surface area contributed by atoms with Crippen LogP contribution in [-0.4, -0.2) is 32.9 Å². The Kier molecular flexibility index (Phi) is 5.80. The van der Waals surface area contributed by atoms with Crippen molar-refractivity contribution >= 4 is 17.7 Å². The average Bonchev–Trinajstić information content (AvgIpc) is 3.01. The maximum absolute atomic E-state index is 12.1. The summed E-state index contributed by atoms with van der Waals surface area (Å²) in [5.74, 6) is 0.364. The van der Waals surface area contributed by atoms with Crippen molar-refractivity contribution in [1.82, 2.24) is 20.5 Å². The Balaban J connectivity index is 1.84. The summed E-state index contributed by atoms with van der Waals surface area (Å²) >= 11 is 1.37. The molecule has 1 aromatic heterocycles. The van der Waals surface area contributed by atoms with Crippen LogP contribution in [0.15, 0.2) is 41.8 Å². The lowest BCUT2D eigenvalue weighted by molar-refractivity contribution is -0.120. The molecule has 5 nitrogen and oxygen atoms in total. The number of aromatic nitrogens is 3. The molecular formula is C15H20N4OS. The minimum Gasteiger partial charge on any atom is -0.355 e. The van der Waals surface area contributed by atoms with Gasteiger partial charge in [0, 0.05) is 12.5 Å². The fraction of sp³-hybridized carbons (Fsp3) is 0.400. The number of carbonyl (C=O) groups excluding carboxylic acids is 1. The molecular weight excluding hydrogens is 284 g/mol. The zero-order valence-electron chi connectivity index (χ0n) is 12.2. The van der Waals surface area contributed by atoms with E-state index in [0.717, 1.165) is 6.42 Å². The van der Waals surface area contributed by atoms with Gasteiger partial charge in [0.15, 0.2) is 5.16 Å². The quantitative estimate of drug-likeness (QED) is 0.771. The third-order valence-corrected chi connectivity index (χ3v) is 4.32. The number of nitrogens with zero attached hydrogens (tertiary/aromatic N) is 2. The number of benzene rings is 1. The molecule has 0 aliphatic carbocycles. The zero-order valence-corrected chi connectivity index (χ0v) is 13.1. The highest BCUT2D eigenvalue weighted by atomic mass is 32.2. The summed E-state index contributed by atoms with van der Waals surface area (Å²) in [7, 11) is 0. The molecule has 2 aromatic rings. The molecule has 1 amide bonds. The van der Waals surface area contributed by atoms with Gasteiger partial charge >= 0.3 is 0 Å². The molecule has 1 aromatic carbocycles. The van der Waals surface area contributed by atoms with Crippen LogP contribution < -0.4 is 5.32 Å². The molecule has 0 saturated carbocycles. The molecule has 21 heavy (non-hydrogen) atoms. The smallest absolute Gasteiger partial charge is 0.233 e. The summed E-state index contributed by atoms with van der Waals surface area (Å²) < 4.78 is 0. The Labute approximate surface area is 128 Å². The van der Waals surface area contributed by atoms with Crippen molar-refractivity contribution in [3.63, 3.8) is 0 Å². The first-order valence-corrected chi connectivity index (χ1v) is 7.93. The maximum atomic E-state index is 12.1. The molecule has 2 rings (SSSR count). The minimum atomic E-state index is -0.203. The molecule has 0 fully saturated rings. The van der Waals surface area contributed by atoms with Crippen molar-refractivity contribution in [3.05, 3.63) is 42.2 Å². The standard InChI is InChI=1S/C15H20N4OS/c1-3-12(13-7-5-4-6-8-13)9-16-14(20)11(2)21-15-17-10-18-19-15/h4-8,10-12H,3,9H2,1-2H3,(H,16,20)(H,17,18,19)/t11-,12-/m1/s1. The van der Waals surface area contributed by atoms with Crippen molar-refractivity contribution in [1.29, 1.82) is 0 Å². The van der Waals surface area contributed by atoms with Crippen molar-refractivity contribution in [3.8, 4) is 0 Å². The van der Waals surface area contributed by atoms with Crippen molar-refractivity contribution < 1.29 is 4.79 Å². The van der Waals surface area contributed by atoms with Crippen LogP contribution in [0.25, 0.3) is 0 Å². The normalized spacial score (nSPS) is 13.6. The van der Waals surface area contributed by atoms with E-state index in [1.165, 1.54) is 23.7 Å². The van der Waals surface area contributed by atoms with Crippen molar-refractivity contribution in [2.75, 3.05) is 6.54 Å². The van der Waals surface area contributed by atoms with E-state index in [4.69, 9.17) is 0 Å². The number of thioether (sulfide) groups is 1. The SMILES string of the molecule is CC[C@H](CNC(=O)[C@@H](C)Sc1ncn[nH]1)c1ccccc1. The summed E-state index contributed by atoms with van der Waals surface area (Å²) in [6, 6.07) is 10.3. The summed E-state index contributed by atoms with van der Waals surface area (Å²) in [4.78, 5) is 16.1. The molecule has 2 atom stereocenters. The molecule has 1 heterocycles. The van der Waals surface area contributed by atoms with Gasteiger partial charge in [-0.25, -0.2) is 4.98 Å². The molecule has 0 saturated heterocycles. The summed E-state index contributed by atoms with van der Waals surface area (Å²) in [6.07, 6.45) is 2.43. The van der Waals surface area contributed by atoms with E-state index < -0.39 is 0 Å². The number of H-pyrrole nitrogens is 1. The lowest BCUT2D eigenvalue weighted by Crippen LogP contribution is -2.34. The second-order valence-corrected chi connectivity index (χ2v) is 6.14. The maximum Gasteiger partial charge on any atom is 0.233 e. The first-order chi connectivity index (χ1) is 10.2. The fourth-order valence-corrected chi connectivity index (χ4v) is 2.80. The largest absolute Gasteiger partial charge is 0.355 e. The van der Waals surface area contributed by atoms with Crippen LogP contribution in [-0.2, 0) is 4.79 Å². The van der Waals surface area contributed by atoms with Gasteiger partial charge in [-0.3, -0.25) is 9.89 Å². The molecule has 0 spiro atoms. The lowest BCUT2D eigenvalue weighted by Gasteiger charge is -2.17.